The van der Waals surface area contributed by atoms with Crippen LogP contribution in [-0.4, -0.2) is 31.6 Å². The molecule has 1 aliphatic heterocycles. The second-order valence-electron chi connectivity index (χ2n) is 16.8. The standard InChI is InChI=1S/C39H52O4/c1-23(2)32-28(40)21-39(31-22-43-31)20-19-37(6)27(33(32)39)13-14-30-36(5)17-15-26(24-9-11-25(12-10-24)34(41)42-8)35(3,4)29(36)16-18-38(30,37)7/h9-12,15,23,27,29-31H,13-14,16-22H2,1-8H3/t27-,29+,30-,31?,36+,37-,38-,39+/m1/s1. The largest absolute Gasteiger partial charge is 0.465 e. The Morgan fingerprint density at radius 1 is 0.930 bits per heavy atom. The van der Waals surface area contributed by atoms with Gasteiger partial charge in [0, 0.05) is 11.8 Å². The van der Waals surface area contributed by atoms with Crippen molar-refractivity contribution in [3.8, 4) is 0 Å². The van der Waals surface area contributed by atoms with Gasteiger partial charge in [0.15, 0.2) is 5.78 Å². The van der Waals surface area contributed by atoms with Gasteiger partial charge in [-0.25, -0.2) is 4.79 Å². The highest BCUT2D eigenvalue weighted by Crippen LogP contribution is 2.77. The number of epoxide rings is 1. The molecule has 7 rings (SSSR count). The van der Waals surface area contributed by atoms with Crippen LogP contribution in [0.15, 0.2) is 41.5 Å². The zero-order chi connectivity index (χ0) is 30.7. The summed E-state index contributed by atoms with van der Waals surface area (Å²) in [6.07, 6.45) is 11.9. The van der Waals surface area contributed by atoms with E-state index in [0.29, 0.717) is 35.5 Å². The first kappa shape index (κ1) is 29.5. The maximum Gasteiger partial charge on any atom is 0.337 e. The van der Waals surface area contributed by atoms with Crippen LogP contribution < -0.4 is 0 Å². The number of rotatable bonds is 4. The summed E-state index contributed by atoms with van der Waals surface area (Å²) in [5.74, 6) is 2.16. The zero-order valence-electron chi connectivity index (χ0n) is 27.8. The molecule has 4 nitrogen and oxygen atoms in total. The number of hydrogen-bond donors (Lipinski definition) is 0. The number of benzene rings is 1. The summed E-state index contributed by atoms with van der Waals surface area (Å²) in [6.45, 7) is 18.2. The van der Waals surface area contributed by atoms with Crippen LogP contribution in [0.1, 0.15) is 116 Å². The number of ether oxygens (including phenoxy) is 2. The maximum absolute atomic E-state index is 13.6. The Kier molecular flexibility index (Phi) is 6.46. The molecule has 1 saturated heterocycles. The monoisotopic (exact) mass is 584 g/mol. The average Bonchev–Trinajstić information content (AvgIpc) is 3.76. The summed E-state index contributed by atoms with van der Waals surface area (Å²) in [5.41, 5.74) is 6.67. The fourth-order valence-electron chi connectivity index (χ4n) is 12.4. The van der Waals surface area contributed by atoms with E-state index in [1.807, 2.05) is 12.1 Å². The number of esters is 1. The molecule has 0 bridgehead atoms. The van der Waals surface area contributed by atoms with Gasteiger partial charge in [-0.1, -0.05) is 72.2 Å². The number of Topliss-reactive ketones (excluding diaryl/α,β-unsaturated/α-hetero) is 1. The number of hydrogen-bond acceptors (Lipinski definition) is 4. The van der Waals surface area contributed by atoms with Gasteiger partial charge in [-0.3, -0.25) is 4.79 Å². The molecule has 6 aliphatic rings. The van der Waals surface area contributed by atoms with Crippen molar-refractivity contribution in [2.75, 3.05) is 13.7 Å². The smallest absolute Gasteiger partial charge is 0.337 e. The van der Waals surface area contributed by atoms with Gasteiger partial charge in [-0.15, -0.1) is 0 Å². The maximum atomic E-state index is 13.6. The van der Waals surface area contributed by atoms with Gasteiger partial charge in [-0.05, 0) is 119 Å². The summed E-state index contributed by atoms with van der Waals surface area (Å²) < 4.78 is 11.0. The Bertz CT molecular complexity index is 1430. The van der Waals surface area contributed by atoms with E-state index in [-0.39, 0.29) is 45.1 Å². The van der Waals surface area contributed by atoms with Gasteiger partial charge in [-0.2, -0.15) is 0 Å². The molecule has 232 valence electrons. The fourth-order valence-corrected chi connectivity index (χ4v) is 12.4. The van der Waals surface area contributed by atoms with Crippen molar-refractivity contribution in [2.24, 2.45) is 50.7 Å². The first-order chi connectivity index (χ1) is 20.2. The average molecular weight is 585 g/mol. The van der Waals surface area contributed by atoms with E-state index in [2.05, 4.69) is 66.7 Å². The van der Waals surface area contributed by atoms with Crippen molar-refractivity contribution >= 4 is 17.3 Å². The lowest BCUT2D eigenvalue weighted by Gasteiger charge is -2.71. The van der Waals surface area contributed by atoms with Crippen molar-refractivity contribution in [2.45, 2.75) is 106 Å². The number of fused-ring (bicyclic) bond motifs is 7. The minimum Gasteiger partial charge on any atom is -0.465 e. The molecule has 0 spiro atoms. The Morgan fingerprint density at radius 3 is 2.26 bits per heavy atom. The highest BCUT2D eigenvalue weighted by molar-refractivity contribution is 6.01. The van der Waals surface area contributed by atoms with Crippen LogP contribution in [0.3, 0.4) is 0 Å². The number of ketones is 1. The van der Waals surface area contributed by atoms with Gasteiger partial charge >= 0.3 is 5.97 Å². The van der Waals surface area contributed by atoms with Gasteiger partial charge < -0.3 is 9.47 Å². The molecule has 3 saturated carbocycles. The van der Waals surface area contributed by atoms with Crippen LogP contribution in [0, 0.1) is 50.7 Å². The molecule has 4 heteroatoms. The van der Waals surface area contributed by atoms with Crippen molar-refractivity contribution in [3.05, 3.63) is 52.6 Å². The molecule has 1 aromatic carbocycles. The third kappa shape index (κ3) is 3.77. The summed E-state index contributed by atoms with van der Waals surface area (Å²) in [6, 6.07) is 8.05. The normalized spacial score (nSPS) is 42.9. The van der Waals surface area contributed by atoms with Crippen LogP contribution in [0.2, 0.25) is 0 Å². The molecule has 8 atom stereocenters. The SMILES string of the molecule is COC(=O)c1ccc(C2=CC[C@]3(C)[C@H]4CC[C@@H]5C6=C(C(C)C)C(=O)C[C@]6(C6CO6)CC[C@@]5(C)[C@]4(C)CC[C@H]3C2(C)C)cc1. The van der Waals surface area contributed by atoms with Crippen LogP contribution >= 0.6 is 0 Å². The molecular formula is C39H52O4. The lowest BCUT2D eigenvalue weighted by atomic mass is 9.33. The van der Waals surface area contributed by atoms with Gasteiger partial charge in [0.1, 0.15) is 0 Å². The molecule has 0 N–H and O–H groups in total. The van der Waals surface area contributed by atoms with E-state index < -0.39 is 0 Å². The summed E-state index contributed by atoms with van der Waals surface area (Å²) in [4.78, 5) is 25.7. The predicted octanol–water partition coefficient (Wildman–Crippen LogP) is 8.85. The van der Waals surface area contributed by atoms with Gasteiger partial charge in [0.25, 0.3) is 0 Å². The number of allylic oxidation sites excluding steroid dienone is 3. The molecular weight excluding hydrogens is 532 g/mol. The molecule has 4 fully saturated rings. The van der Waals surface area contributed by atoms with Gasteiger partial charge in [0.05, 0.1) is 25.4 Å². The molecule has 5 aliphatic carbocycles. The highest BCUT2D eigenvalue weighted by atomic mass is 16.6. The molecule has 0 radical (unpaired) electrons. The predicted molar refractivity (Wildman–Crippen MR) is 170 cm³/mol. The molecule has 1 aromatic rings. The second kappa shape index (κ2) is 9.41. The Morgan fingerprint density at radius 2 is 1.63 bits per heavy atom. The Hall–Kier alpha value is -2.20. The first-order valence-electron chi connectivity index (χ1n) is 17.0. The summed E-state index contributed by atoms with van der Waals surface area (Å²) in [7, 11) is 1.44. The third-order valence-corrected chi connectivity index (χ3v) is 14.6. The van der Waals surface area contributed by atoms with Crippen LogP contribution in [-0.2, 0) is 14.3 Å². The van der Waals surface area contributed by atoms with E-state index in [1.165, 1.54) is 55.9 Å². The zero-order valence-corrected chi connectivity index (χ0v) is 27.8. The highest BCUT2D eigenvalue weighted by Gasteiger charge is 2.71. The van der Waals surface area contributed by atoms with Crippen molar-refractivity contribution in [1.29, 1.82) is 0 Å². The molecule has 0 aromatic heterocycles. The van der Waals surface area contributed by atoms with Crippen LogP contribution in [0.25, 0.3) is 5.57 Å². The van der Waals surface area contributed by atoms with Gasteiger partial charge in [0.2, 0.25) is 0 Å². The summed E-state index contributed by atoms with van der Waals surface area (Å²) in [5, 5.41) is 0. The topological polar surface area (TPSA) is 55.9 Å². The Labute approximate surface area is 259 Å². The van der Waals surface area contributed by atoms with Crippen LogP contribution in [0.5, 0.6) is 0 Å². The second-order valence-corrected chi connectivity index (χ2v) is 16.8. The van der Waals surface area contributed by atoms with E-state index in [0.717, 1.165) is 19.4 Å². The van der Waals surface area contributed by atoms with E-state index in [1.54, 1.807) is 5.57 Å². The fraction of sp³-hybridized carbons (Fsp3) is 0.692. The Balaban J connectivity index is 1.26. The summed E-state index contributed by atoms with van der Waals surface area (Å²) >= 11 is 0. The third-order valence-electron chi connectivity index (χ3n) is 14.6. The van der Waals surface area contributed by atoms with Crippen molar-refractivity contribution in [3.63, 3.8) is 0 Å². The van der Waals surface area contributed by atoms with Crippen molar-refractivity contribution < 1.29 is 19.1 Å². The number of carbonyl (C=O) groups is 2. The molecule has 0 amide bonds. The number of carbonyl (C=O) groups excluding carboxylic acids is 2. The minimum absolute atomic E-state index is 0.0287. The number of methoxy groups -OCH3 is 1. The van der Waals surface area contributed by atoms with Crippen molar-refractivity contribution in [1.82, 2.24) is 0 Å². The van der Waals surface area contributed by atoms with E-state index in [4.69, 9.17) is 9.47 Å². The molecule has 1 unspecified atom stereocenters. The van der Waals surface area contributed by atoms with Crippen LogP contribution in [0.4, 0.5) is 0 Å². The first-order valence-corrected chi connectivity index (χ1v) is 17.0. The minimum atomic E-state index is -0.283. The lowest BCUT2D eigenvalue weighted by Crippen LogP contribution is -2.64. The molecule has 43 heavy (non-hydrogen) atoms. The molecule has 1 heterocycles. The van der Waals surface area contributed by atoms with E-state index in [9.17, 15) is 9.59 Å². The quantitative estimate of drug-likeness (QED) is 0.262. The lowest BCUT2D eigenvalue weighted by molar-refractivity contribution is -0.197. The van der Waals surface area contributed by atoms with E-state index >= 15 is 0 Å².